The number of rotatable bonds is 5. The summed E-state index contributed by atoms with van der Waals surface area (Å²) in [5.41, 5.74) is 5.35. The van der Waals surface area contributed by atoms with Crippen LogP contribution in [0.15, 0.2) is 16.6 Å². The zero-order valence-electron chi connectivity index (χ0n) is 8.50. The number of phenols is 1. The Morgan fingerprint density at radius 3 is 2.73 bits per heavy atom. The molecule has 0 heterocycles. The first-order valence-electron chi connectivity index (χ1n) is 4.58. The maximum atomic E-state index is 9.52. The molecule has 84 valence electrons. The van der Waals surface area contributed by atoms with Crippen molar-refractivity contribution in [1.82, 2.24) is 0 Å². The number of aromatic hydroxyl groups is 1. The van der Waals surface area contributed by atoms with Gasteiger partial charge in [0, 0.05) is 12.1 Å². The van der Waals surface area contributed by atoms with Gasteiger partial charge in [0.05, 0.1) is 18.2 Å². The van der Waals surface area contributed by atoms with Gasteiger partial charge in [0.1, 0.15) is 5.75 Å². The van der Waals surface area contributed by atoms with E-state index in [2.05, 4.69) is 15.9 Å². The van der Waals surface area contributed by atoms with Gasteiger partial charge in [-0.1, -0.05) is 0 Å². The maximum absolute atomic E-state index is 9.52. The summed E-state index contributed by atoms with van der Waals surface area (Å²) in [4.78, 5) is 0. The van der Waals surface area contributed by atoms with Crippen molar-refractivity contribution < 1.29 is 14.6 Å². The first kappa shape index (κ1) is 12.1. The van der Waals surface area contributed by atoms with E-state index in [-0.39, 0.29) is 5.75 Å². The Balaban J connectivity index is 2.76. The molecule has 0 radical (unpaired) electrons. The van der Waals surface area contributed by atoms with Crippen LogP contribution < -0.4 is 15.2 Å². The van der Waals surface area contributed by atoms with Crippen molar-refractivity contribution in [2.75, 3.05) is 20.3 Å². The molecule has 0 aliphatic carbocycles. The average Bonchev–Trinajstić information content (AvgIpc) is 2.23. The molecule has 0 saturated carbocycles. The lowest BCUT2D eigenvalue weighted by atomic mass is 10.3. The van der Waals surface area contributed by atoms with Crippen LogP contribution in [0.2, 0.25) is 0 Å². The Bertz CT molecular complexity index is 331. The van der Waals surface area contributed by atoms with Crippen LogP contribution in [0.25, 0.3) is 0 Å². The summed E-state index contributed by atoms with van der Waals surface area (Å²) in [6.45, 7) is 1.11. The van der Waals surface area contributed by atoms with Gasteiger partial charge in [0.2, 0.25) is 0 Å². The second-order valence-corrected chi connectivity index (χ2v) is 3.80. The summed E-state index contributed by atoms with van der Waals surface area (Å²) >= 11 is 3.33. The van der Waals surface area contributed by atoms with Crippen molar-refractivity contribution in [2.24, 2.45) is 5.73 Å². The van der Waals surface area contributed by atoms with Crippen molar-refractivity contribution in [3.05, 3.63) is 16.6 Å². The summed E-state index contributed by atoms with van der Waals surface area (Å²) in [6, 6.07) is 3.17. The summed E-state index contributed by atoms with van der Waals surface area (Å²) in [5, 5.41) is 9.52. The van der Waals surface area contributed by atoms with Gasteiger partial charge in [-0.2, -0.15) is 0 Å². The predicted octanol–water partition coefficient (Wildman–Crippen LogP) is 1.89. The van der Waals surface area contributed by atoms with Gasteiger partial charge >= 0.3 is 0 Å². The fraction of sp³-hybridized carbons (Fsp3) is 0.400. The molecule has 0 saturated heterocycles. The Labute approximate surface area is 97.1 Å². The molecule has 0 aliphatic heterocycles. The van der Waals surface area contributed by atoms with Gasteiger partial charge in [-0.15, -0.1) is 0 Å². The van der Waals surface area contributed by atoms with Crippen LogP contribution in [0.4, 0.5) is 0 Å². The lowest BCUT2D eigenvalue weighted by molar-refractivity contribution is 0.307. The van der Waals surface area contributed by atoms with Crippen LogP contribution in [0, 0.1) is 0 Å². The Kier molecular flexibility index (Phi) is 4.71. The van der Waals surface area contributed by atoms with E-state index in [9.17, 15) is 5.11 Å². The maximum Gasteiger partial charge on any atom is 0.161 e. The molecule has 0 spiro atoms. The summed E-state index contributed by atoms with van der Waals surface area (Å²) < 4.78 is 11.1. The van der Waals surface area contributed by atoms with Crippen molar-refractivity contribution >= 4 is 15.9 Å². The zero-order chi connectivity index (χ0) is 11.3. The molecule has 0 unspecified atom stereocenters. The lowest BCUT2D eigenvalue weighted by Gasteiger charge is -2.10. The molecule has 1 rings (SSSR count). The first-order chi connectivity index (χ1) is 7.19. The third kappa shape index (κ3) is 3.28. The number of hydrogen-bond acceptors (Lipinski definition) is 4. The fourth-order valence-corrected chi connectivity index (χ4v) is 1.50. The van der Waals surface area contributed by atoms with E-state index >= 15 is 0 Å². The fourth-order valence-electron chi connectivity index (χ4n) is 1.06. The minimum Gasteiger partial charge on any atom is -0.504 e. The highest BCUT2D eigenvalue weighted by Crippen LogP contribution is 2.36. The van der Waals surface area contributed by atoms with Gasteiger partial charge in [-0.3, -0.25) is 0 Å². The smallest absolute Gasteiger partial charge is 0.161 e. The number of ether oxygens (including phenoxy) is 2. The lowest BCUT2D eigenvalue weighted by Crippen LogP contribution is -2.06. The van der Waals surface area contributed by atoms with E-state index < -0.39 is 0 Å². The van der Waals surface area contributed by atoms with Crippen molar-refractivity contribution in [1.29, 1.82) is 0 Å². The standard InChI is InChI=1S/C10H14BrNO3/c1-14-10-5-7(11)9(6-8(10)13)15-4-2-3-12/h5-6,13H,2-4,12H2,1H3. The highest BCUT2D eigenvalue weighted by atomic mass is 79.9. The highest BCUT2D eigenvalue weighted by Gasteiger charge is 2.08. The molecule has 0 fully saturated rings. The Hall–Kier alpha value is -0.940. The summed E-state index contributed by atoms with van der Waals surface area (Å²) in [7, 11) is 1.50. The SMILES string of the molecule is COc1cc(Br)c(OCCCN)cc1O. The zero-order valence-corrected chi connectivity index (χ0v) is 10.1. The third-order valence-corrected chi connectivity index (χ3v) is 2.46. The predicted molar refractivity (Wildman–Crippen MR) is 61.5 cm³/mol. The second-order valence-electron chi connectivity index (χ2n) is 2.95. The minimum absolute atomic E-state index is 0.0587. The second kappa shape index (κ2) is 5.82. The number of nitrogens with two attached hydrogens (primary N) is 1. The normalized spacial score (nSPS) is 10.1. The molecule has 15 heavy (non-hydrogen) atoms. The molecular formula is C10H14BrNO3. The first-order valence-corrected chi connectivity index (χ1v) is 5.37. The van der Waals surface area contributed by atoms with Crippen LogP contribution in [0.1, 0.15) is 6.42 Å². The van der Waals surface area contributed by atoms with E-state index in [0.29, 0.717) is 24.7 Å². The van der Waals surface area contributed by atoms with Crippen molar-refractivity contribution in [3.8, 4) is 17.2 Å². The average molecular weight is 276 g/mol. The Morgan fingerprint density at radius 1 is 1.40 bits per heavy atom. The number of methoxy groups -OCH3 is 1. The van der Waals surface area contributed by atoms with Crippen molar-refractivity contribution in [3.63, 3.8) is 0 Å². The summed E-state index contributed by atoms with van der Waals surface area (Å²) in [6.07, 6.45) is 0.777. The van der Waals surface area contributed by atoms with Crippen LogP contribution in [0.5, 0.6) is 17.2 Å². The van der Waals surface area contributed by atoms with E-state index in [1.54, 1.807) is 6.07 Å². The number of halogens is 1. The van der Waals surface area contributed by atoms with E-state index in [0.717, 1.165) is 10.9 Å². The molecule has 3 N–H and O–H groups in total. The number of hydrogen-bond donors (Lipinski definition) is 2. The van der Waals surface area contributed by atoms with Crippen LogP contribution in [-0.4, -0.2) is 25.4 Å². The van der Waals surface area contributed by atoms with E-state index in [1.807, 2.05) is 0 Å². The molecule has 0 aliphatic rings. The van der Waals surface area contributed by atoms with Gasteiger partial charge in [-0.05, 0) is 28.9 Å². The molecule has 0 atom stereocenters. The molecule has 0 bridgehead atoms. The Morgan fingerprint density at radius 2 is 2.13 bits per heavy atom. The van der Waals surface area contributed by atoms with Gasteiger partial charge in [-0.25, -0.2) is 0 Å². The molecule has 4 nitrogen and oxygen atoms in total. The number of phenolic OH excluding ortho intramolecular Hbond substituents is 1. The third-order valence-electron chi connectivity index (χ3n) is 1.84. The molecule has 1 aromatic rings. The molecule has 1 aromatic carbocycles. The monoisotopic (exact) mass is 275 g/mol. The molecular weight excluding hydrogens is 262 g/mol. The number of benzene rings is 1. The minimum atomic E-state index is 0.0587. The molecule has 0 aromatic heterocycles. The van der Waals surface area contributed by atoms with Crippen LogP contribution >= 0.6 is 15.9 Å². The van der Waals surface area contributed by atoms with Gasteiger partial charge in [0.15, 0.2) is 11.5 Å². The van der Waals surface area contributed by atoms with Crippen LogP contribution in [0.3, 0.4) is 0 Å². The van der Waals surface area contributed by atoms with Gasteiger partial charge < -0.3 is 20.3 Å². The van der Waals surface area contributed by atoms with E-state index in [4.69, 9.17) is 15.2 Å². The van der Waals surface area contributed by atoms with E-state index in [1.165, 1.54) is 13.2 Å². The van der Waals surface area contributed by atoms with Crippen molar-refractivity contribution in [2.45, 2.75) is 6.42 Å². The molecule has 0 amide bonds. The highest BCUT2D eigenvalue weighted by molar-refractivity contribution is 9.10. The largest absolute Gasteiger partial charge is 0.504 e. The quantitative estimate of drug-likeness (QED) is 0.806. The topological polar surface area (TPSA) is 64.7 Å². The molecule has 5 heteroatoms. The summed E-state index contributed by atoms with van der Waals surface area (Å²) in [5.74, 6) is 1.05. The van der Waals surface area contributed by atoms with Gasteiger partial charge in [0.25, 0.3) is 0 Å². The van der Waals surface area contributed by atoms with Crippen LogP contribution in [-0.2, 0) is 0 Å².